The van der Waals surface area contributed by atoms with Crippen LogP contribution in [0.1, 0.15) is 0 Å². The van der Waals surface area contributed by atoms with Crippen molar-refractivity contribution in [3.63, 3.8) is 0 Å². The molecule has 2 aromatic carbocycles. The lowest BCUT2D eigenvalue weighted by atomic mass is 10.0. The van der Waals surface area contributed by atoms with Crippen molar-refractivity contribution in [2.24, 2.45) is 4.99 Å². The largest absolute Gasteiger partial charge is 0.272 e. The van der Waals surface area contributed by atoms with E-state index in [1.807, 2.05) is 30.3 Å². The third-order valence-electron chi connectivity index (χ3n) is 5.56. The molecular formula is C21H14N6. The molecule has 4 aromatic rings. The van der Waals surface area contributed by atoms with Gasteiger partial charge in [-0.15, -0.1) is 0 Å². The van der Waals surface area contributed by atoms with Gasteiger partial charge >= 0.3 is 0 Å². The summed E-state index contributed by atoms with van der Waals surface area (Å²) in [6.45, 7) is 0. The van der Waals surface area contributed by atoms with E-state index >= 15 is 0 Å². The van der Waals surface area contributed by atoms with Gasteiger partial charge in [0, 0.05) is 0 Å². The van der Waals surface area contributed by atoms with Gasteiger partial charge in [-0.3, -0.25) is 4.90 Å². The minimum absolute atomic E-state index is 0.0883. The molecular weight excluding hydrogens is 336 g/mol. The van der Waals surface area contributed by atoms with Crippen LogP contribution in [0.15, 0.2) is 77.8 Å². The van der Waals surface area contributed by atoms with Crippen LogP contribution in [-0.2, 0) is 0 Å². The third kappa shape index (κ3) is 1.54. The summed E-state index contributed by atoms with van der Waals surface area (Å²) in [7, 11) is 0. The van der Waals surface area contributed by atoms with Gasteiger partial charge in [-0.05, 0) is 24.3 Å². The summed E-state index contributed by atoms with van der Waals surface area (Å²) in [5.41, 5.74) is 4.04. The molecule has 0 spiro atoms. The Morgan fingerprint density at radius 1 is 0.704 bits per heavy atom. The average Bonchev–Trinajstić information content (AvgIpc) is 3.38. The molecule has 128 valence electrons. The number of imidazole rings is 2. The number of nitrogens with zero attached hydrogens (tertiary/aromatic N) is 6. The lowest BCUT2D eigenvalue weighted by molar-refractivity contribution is 0.714. The summed E-state index contributed by atoms with van der Waals surface area (Å²) in [6, 6.07) is 16.7. The van der Waals surface area contributed by atoms with Crippen molar-refractivity contribution in [3.8, 4) is 5.95 Å². The highest BCUT2D eigenvalue weighted by molar-refractivity contribution is 6.08. The molecule has 7 rings (SSSR count). The topological polar surface area (TPSA) is 51.2 Å². The first-order chi connectivity index (χ1) is 13.4. The van der Waals surface area contributed by atoms with E-state index in [1.54, 1.807) is 0 Å². The molecule has 6 nitrogen and oxygen atoms in total. The van der Waals surface area contributed by atoms with Crippen LogP contribution in [0.4, 0.5) is 5.95 Å². The monoisotopic (exact) mass is 350 g/mol. The maximum Gasteiger partial charge on any atom is 0.225 e. The Hall–Kier alpha value is -3.67. The smallest absolute Gasteiger partial charge is 0.225 e. The zero-order valence-corrected chi connectivity index (χ0v) is 14.3. The van der Waals surface area contributed by atoms with Gasteiger partial charge in [-0.1, -0.05) is 48.6 Å². The first-order valence-corrected chi connectivity index (χ1v) is 9.08. The quantitative estimate of drug-likeness (QED) is 0.489. The first-order valence-electron chi connectivity index (χ1n) is 9.08. The van der Waals surface area contributed by atoms with Crippen LogP contribution in [0.25, 0.3) is 28.0 Å². The number of hydrogen-bond donors (Lipinski definition) is 0. The van der Waals surface area contributed by atoms with E-state index in [0.717, 1.165) is 39.9 Å². The normalized spacial score (nSPS) is 21.9. The molecule has 4 heterocycles. The second-order valence-corrected chi connectivity index (χ2v) is 7.02. The fourth-order valence-electron chi connectivity index (χ4n) is 4.39. The van der Waals surface area contributed by atoms with Gasteiger partial charge in [-0.2, -0.15) is 0 Å². The van der Waals surface area contributed by atoms with E-state index < -0.39 is 0 Å². The molecule has 3 aliphatic rings. The van der Waals surface area contributed by atoms with Gasteiger partial charge in [0.2, 0.25) is 17.9 Å². The standard InChI is InChI=1S/C21H14N6/c1-4-10-16-13(7-1)22-19-25(16)20-23-15-9-3-6-12-18(15)27(20)21-24-14-8-2-5-11-17(14)26(19)21/h1-13,16H. The van der Waals surface area contributed by atoms with Crippen molar-refractivity contribution in [2.45, 2.75) is 12.1 Å². The summed E-state index contributed by atoms with van der Waals surface area (Å²) < 4.78 is 4.32. The minimum atomic E-state index is 0.0883. The van der Waals surface area contributed by atoms with Crippen LogP contribution >= 0.6 is 0 Å². The van der Waals surface area contributed by atoms with Crippen molar-refractivity contribution in [2.75, 3.05) is 4.90 Å². The van der Waals surface area contributed by atoms with Gasteiger partial charge in [-0.25, -0.2) is 24.1 Å². The number of hydrogen-bond acceptors (Lipinski definition) is 4. The van der Waals surface area contributed by atoms with Crippen LogP contribution in [0.2, 0.25) is 0 Å². The molecule has 0 fully saturated rings. The van der Waals surface area contributed by atoms with Crippen LogP contribution in [0.3, 0.4) is 0 Å². The molecule has 2 aliphatic heterocycles. The lowest BCUT2D eigenvalue weighted by Crippen LogP contribution is -2.45. The van der Waals surface area contributed by atoms with Crippen molar-refractivity contribution in [1.29, 1.82) is 0 Å². The number of aromatic nitrogens is 4. The van der Waals surface area contributed by atoms with Crippen molar-refractivity contribution >= 4 is 34.0 Å². The summed E-state index contributed by atoms with van der Waals surface area (Å²) in [5, 5.41) is 0. The summed E-state index contributed by atoms with van der Waals surface area (Å²) in [6.07, 6.45) is 8.52. The fraction of sp³-hybridized carbons (Fsp3) is 0.0952. The van der Waals surface area contributed by atoms with Crippen molar-refractivity contribution in [3.05, 3.63) is 72.8 Å². The van der Waals surface area contributed by atoms with E-state index in [-0.39, 0.29) is 12.1 Å². The second kappa shape index (κ2) is 4.54. The number of benzene rings is 2. The molecule has 0 amide bonds. The van der Waals surface area contributed by atoms with E-state index in [2.05, 4.69) is 56.5 Å². The molecule has 2 aromatic heterocycles. The molecule has 0 N–H and O–H groups in total. The lowest BCUT2D eigenvalue weighted by Gasteiger charge is -2.31. The van der Waals surface area contributed by atoms with E-state index in [9.17, 15) is 0 Å². The Bertz CT molecular complexity index is 1350. The number of aliphatic imine (C=N–C) groups is 1. The Labute approximate surface area is 154 Å². The molecule has 2 unspecified atom stereocenters. The highest BCUT2D eigenvalue weighted by atomic mass is 15.5. The Balaban J connectivity index is 1.66. The highest BCUT2D eigenvalue weighted by Gasteiger charge is 2.43. The molecule has 0 bridgehead atoms. The number of allylic oxidation sites excluding steroid dienone is 2. The van der Waals surface area contributed by atoms with E-state index in [1.165, 1.54) is 0 Å². The van der Waals surface area contributed by atoms with Gasteiger partial charge in [0.1, 0.15) is 0 Å². The van der Waals surface area contributed by atoms with Gasteiger partial charge in [0.05, 0.1) is 34.2 Å². The van der Waals surface area contributed by atoms with Crippen LogP contribution in [-0.4, -0.2) is 37.1 Å². The van der Waals surface area contributed by atoms with Crippen molar-refractivity contribution in [1.82, 2.24) is 19.1 Å². The Morgan fingerprint density at radius 3 is 2.19 bits per heavy atom. The zero-order valence-electron chi connectivity index (χ0n) is 14.3. The number of rotatable bonds is 0. The second-order valence-electron chi connectivity index (χ2n) is 7.02. The van der Waals surface area contributed by atoms with Crippen LogP contribution < -0.4 is 4.90 Å². The molecule has 0 saturated carbocycles. The first kappa shape index (κ1) is 13.5. The predicted octanol–water partition coefficient (Wildman–Crippen LogP) is 3.28. The van der Waals surface area contributed by atoms with E-state index in [4.69, 9.17) is 15.0 Å². The summed E-state index contributed by atoms with van der Waals surface area (Å²) >= 11 is 0. The van der Waals surface area contributed by atoms with E-state index in [0.29, 0.717) is 0 Å². The minimum Gasteiger partial charge on any atom is -0.272 e. The molecule has 1 aliphatic carbocycles. The van der Waals surface area contributed by atoms with Crippen LogP contribution in [0.5, 0.6) is 0 Å². The fourth-order valence-corrected chi connectivity index (χ4v) is 4.39. The van der Waals surface area contributed by atoms with Crippen LogP contribution in [0, 0.1) is 0 Å². The number of fused-ring (bicyclic) bond motifs is 12. The van der Waals surface area contributed by atoms with Crippen molar-refractivity contribution < 1.29 is 0 Å². The average molecular weight is 350 g/mol. The molecule has 6 heteroatoms. The number of para-hydroxylation sites is 4. The summed E-state index contributed by atoms with van der Waals surface area (Å²) in [4.78, 5) is 17.2. The number of anilines is 1. The Kier molecular flexibility index (Phi) is 2.27. The summed E-state index contributed by atoms with van der Waals surface area (Å²) in [5.74, 6) is 2.62. The predicted molar refractivity (Wildman–Crippen MR) is 106 cm³/mol. The highest BCUT2D eigenvalue weighted by Crippen LogP contribution is 2.38. The third-order valence-corrected chi connectivity index (χ3v) is 5.56. The molecule has 2 atom stereocenters. The van der Waals surface area contributed by atoms with Gasteiger partial charge in [0.15, 0.2) is 0 Å². The maximum atomic E-state index is 5.04. The maximum absolute atomic E-state index is 5.04. The molecule has 0 saturated heterocycles. The van der Waals surface area contributed by atoms with Gasteiger partial charge in [0.25, 0.3) is 0 Å². The zero-order chi connectivity index (χ0) is 17.5. The molecule has 0 radical (unpaired) electrons. The molecule has 27 heavy (non-hydrogen) atoms. The Morgan fingerprint density at radius 2 is 1.37 bits per heavy atom. The SMILES string of the molecule is C1=CC2N=C3N(c4nc5ccccc5n4-c4nc5ccccc5n43)C2C=C1. The van der Waals surface area contributed by atoms with Gasteiger partial charge < -0.3 is 0 Å².